The molecule has 6 heavy (non-hydrogen) atoms. The maximum Gasteiger partial charge on any atom is 0 e. The molecule has 31 valence electrons. The van der Waals surface area contributed by atoms with Crippen molar-refractivity contribution in [3.05, 3.63) is 6.57 Å². The fourth-order valence-electron chi connectivity index (χ4n) is 0. The Balaban J connectivity index is -0.000000000833. The van der Waals surface area contributed by atoms with Crippen LogP contribution < -0.4 is 0 Å². The first-order valence-electron chi connectivity index (χ1n) is 0.224. The minimum Gasteiger partial charge on any atom is -0.512 e. The zero-order valence-corrected chi connectivity index (χ0v) is 9.67. The second-order valence-corrected chi connectivity index (χ2v) is 0. The van der Waals surface area contributed by atoms with Gasteiger partial charge in [0, 0.05) is 55.7 Å². The smallest absolute Gasteiger partial charge is 0 e. The van der Waals surface area contributed by atoms with Gasteiger partial charge in [0.2, 0.25) is 0 Å². The normalized spacial score (nSPS) is 0.333. The molecule has 0 fully saturated rings. The number of nitrogens with zero attached hydrogens (tertiary/aromatic N) is 1. The molecule has 0 saturated heterocycles. The topological polar surface area (TPSA) is 23.8 Å². The molecule has 0 saturated carbocycles. The Bertz CT molecular complexity index is 16.3. The van der Waals surface area contributed by atoms with E-state index in [2.05, 4.69) is 0 Å². The average molecular weight is 232 g/mol. The average Bonchev–Trinajstić information content (AvgIpc) is 1.00. The van der Waals surface area contributed by atoms with Crippen LogP contribution in [0.2, 0.25) is 0 Å². The van der Waals surface area contributed by atoms with E-state index >= 15 is 0 Å². The summed E-state index contributed by atoms with van der Waals surface area (Å²) in [7, 11) is 0. The van der Waals surface area contributed by atoms with Crippen molar-refractivity contribution in [2.75, 3.05) is 0 Å². The Morgan fingerprint density at radius 1 is 1.00 bits per heavy atom. The van der Waals surface area contributed by atoms with Crippen LogP contribution in [-0.2, 0) is 55.7 Å². The minimum absolute atomic E-state index is 0. The van der Waals surface area contributed by atoms with Gasteiger partial charge in [-0.2, -0.15) is 0 Å². The maximum absolute atomic E-state index is 6.25. The van der Waals surface area contributed by atoms with E-state index in [-0.39, 0.29) is 63.2 Å². The Kier molecular flexibility index (Phi) is 1040. The molecule has 0 heterocycles. The molecule has 0 atom stereocenters. The van der Waals surface area contributed by atoms with E-state index in [0.717, 1.165) is 0 Å². The second-order valence-electron chi connectivity index (χ2n) is 0. The van der Waals surface area contributed by atoms with E-state index in [4.69, 9.17) is 11.8 Å². The van der Waals surface area contributed by atoms with E-state index in [1.165, 1.54) is 0 Å². The predicted molar refractivity (Wildman–Crippen MR) is 11.7 cm³/mol. The minimum atomic E-state index is 0. The van der Waals surface area contributed by atoms with Gasteiger partial charge in [-0.3, -0.25) is 0 Å². The van der Waals surface area contributed by atoms with Gasteiger partial charge in [0.25, 0.3) is 0 Å². The molecule has 0 bridgehead atoms. The summed E-state index contributed by atoms with van der Waals surface area (Å²) in [5, 5.41) is 6.25. The molecule has 0 rings (SSSR count). The molecule has 0 aromatic carbocycles. The maximum atomic E-state index is 6.25. The molecule has 0 spiro atoms. The molecule has 0 aliphatic carbocycles. The van der Waals surface area contributed by atoms with Crippen LogP contribution in [0.15, 0.2) is 0 Å². The van der Waals surface area contributed by atoms with Crippen molar-refractivity contribution in [3.63, 3.8) is 0 Å². The monoisotopic (exact) mass is 229 g/mol. The molecule has 0 aliphatic heterocycles. The molecule has 0 unspecified atom stereocenters. The third-order valence-electron chi connectivity index (χ3n) is 0. The largest absolute Gasteiger partial charge is 0.512 e. The van der Waals surface area contributed by atoms with Crippen LogP contribution in [0, 0.1) is 11.8 Å². The van der Waals surface area contributed by atoms with Crippen molar-refractivity contribution in [1.29, 1.82) is 5.26 Å². The Hall–Kier alpha value is 1.24. The SMILES string of the molecule is C.[C-]#N.[Co].[Zn].[Zn]. The molecule has 0 aromatic rings. The van der Waals surface area contributed by atoms with Crippen LogP contribution in [0.4, 0.5) is 0 Å². The third kappa shape index (κ3) is 61.1. The van der Waals surface area contributed by atoms with Gasteiger partial charge in [-0.1, -0.05) is 7.43 Å². The van der Waals surface area contributed by atoms with Crippen LogP contribution in [0.5, 0.6) is 0 Å². The van der Waals surface area contributed by atoms with E-state index in [9.17, 15) is 0 Å². The van der Waals surface area contributed by atoms with Crippen molar-refractivity contribution in [1.82, 2.24) is 0 Å². The van der Waals surface area contributed by atoms with Crippen molar-refractivity contribution < 1.29 is 55.7 Å². The van der Waals surface area contributed by atoms with Crippen LogP contribution in [0.25, 0.3) is 0 Å². The number of hydrogen-bond acceptors (Lipinski definition) is 1. The van der Waals surface area contributed by atoms with Gasteiger partial charge in [-0.25, -0.2) is 0 Å². The fourth-order valence-corrected chi connectivity index (χ4v) is 0. The molecule has 0 N–H and O–H groups in total. The predicted octanol–water partition coefficient (Wildman–Crippen LogP) is 0.725. The van der Waals surface area contributed by atoms with Gasteiger partial charge in [-0.05, 0) is 0 Å². The Morgan fingerprint density at radius 2 is 1.00 bits per heavy atom. The molecular formula is C2H4CoNZn2-. The second kappa shape index (κ2) is 111. The van der Waals surface area contributed by atoms with Crippen LogP contribution in [0.1, 0.15) is 7.43 Å². The molecule has 0 aromatic heterocycles. The summed E-state index contributed by atoms with van der Waals surface area (Å²) in [6, 6.07) is 0. The first-order valence-corrected chi connectivity index (χ1v) is 0.224. The van der Waals surface area contributed by atoms with Gasteiger partial charge in [0.15, 0.2) is 0 Å². The van der Waals surface area contributed by atoms with Crippen LogP contribution >= 0.6 is 0 Å². The number of hydrogen-bond donors (Lipinski definition) is 0. The molecular weight excluding hydrogens is 228 g/mol. The Morgan fingerprint density at radius 3 is 1.00 bits per heavy atom. The van der Waals surface area contributed by atoms with Crippen molar-refractivity contribution in [3.8, 4) is 0 Å². The quantitative estimate of drug-likeness (QED) is 0.446. The zero-order valence-electron chi connectivity index (χ0n) is 2.69. The zero-order chi connectivity index (χ0) is 2.00. The van der Waals surface area contributed by atoms with Gasteiger partial charge in [-0.15, -0.1) is 0 Å². The number of rotatable bonds is 0. The summed E-state index contributed by atoms with van der Waals surface area (Å²) in [5.74, 6) is 0. The fraction of sp³-hybridized carbons (Fsp3) is 0.500. The summed E-state index contributed by atoms with van der Waals surface area (Å²) in [6.45, 7) is 4.75. The van der Waals surface area contributed by atoms with Crippen molar-refractivity contribution >= 4 is 0 Å². The standard InChI is InChI=1S/CN.CH4.Co.2Zn/c1-2;;;;/h;1H4;;;/q-1;;;;. The third-order valence-corrected chi connectivity index (χ3v) is 0. The molecule has 0 amide bonds. The molecule has 4 heteroatoms. The summed E-state index contributed by atoms with van der Waals surface area (Å²) >= 11 is 0. The van der Waals surface area contributed by atoms with E-state index in [1.54, 1.807) is 0 Å². The first kappa shape index (κ1) is 56.1. The summed E-state index contributed by atoms with van der Waals surface area (Å²) < 4.78 is 0. The van der Waals surface area contributed by atoms with E-state index < -0.39 is 0 Å². The van der Waals surface area contributed by atoms with Gasteiger partial charge < -0.3 is 11.8 Å². The summed E-state index contributed by atoms with van der Waals surface area (Å²) in [4.78, 5) is 0. The van der Waals surface area contributed by atoms with Gasteiger partial charge in [0.05, 0.1) is 0 Å². The molecule has 0 aliphatic rings. The summed E-state index contributed by atoms with van der Waals surface area (Å²) in [6.07, 6.45) is 0. The van der Waals surface area contributed by atoms with Crippen LogP contribution in [0.3, 0.4) is 0 Å². The Labute approximate surface area is 74.6 Å². The first-order chi connectivity index (χ1) is 1.00. The van der Waals surface area contributed by atoms with Crippen molar-refractivity contribution in [2.45, 2.75) is 7.43 Å². The molecule has 1 radical (unpaired) electrons. The van der Waals surface area contributed by atoms with E-state index in [0.29, 0.717) is 0 Å². The van der Waals surface area contributed by atoms with Gasteiger partial charge >= 0.3 is 0 Å². The van der Waals surface area contributed by atoms with Gasteiger partial charge in [0.1, 0.15) is 0 Å². The van der Waals surface area contributed by atoms with E-state index in [1.807, 2.05) is 0 Å². The van der Waals surface area contributed by atoms with Crippen molar-refractivity contribution in [2.24, 2.45) is 0 Å². The molecule has 1 nitrogen and oxygen atoms in total. The van der Waals surface area contributed by atoms with Crippen LogP contribution in [-0.4, -0.2) is 0 Å². The summed E-state index contributed by atoms with van der Waals surface area (Å²) in [5.41, 5.74) is 0.